The molecule has 0 saturated heterocycles. The summed E-state index contributed by atoms with van der Waals surface area (Å²) in [4.78, 5) is 21.3. The van der Waals surface area contributed by atoms with Crippen LogP contribution < -0.4 is 10.1 Å². The van der Waals surface area contributed by atoms with E-state index < -0.39 is 16.9 Å². The number of hydrogen-bond donors (Lipinski definition) is 2. The number of amides is 1. The summed E-state index contributed by atoms with van der Waals surface area (Å²) in [5, 5.41) is 22.2. The van der Waals surface area contributed by atoms with Crippen molar-refractivity contribution in [2.24, 2.45) is 0 Å². The lowest BCUT2D eigenvalue weighted by molar-refractivity contribution is -0.384. The lowest BCUT2D eigenvalue weighted by Gasteiger charge is -2.11. The number of benzene rings is 1. The highest BCUT2D eigenvalue weighted by Gasteiger charge is 2.08. The molecular weight excluding hydrogens is 268 g/mol. The van der Waals surface area contributed by atoms with E-state index >= 15 is 0 Å². The fraction of sp³-hybridized carbons (Fsp3) is 0.417. The summed E-state index contributed by atoms with van der Waals surface area (Å²) in [6, 6.07) is 5.39. The first kappa shape index (κ1) is 15.9. The number of carbonyl (C=O) groups excluding carboxylic acids is 1. The minimum Gasteiger partial charge on any atom is -0.484 e. The van der Waals surface area contributed by atoms with Gasteiger partial charge in [-0.05, 0) is 12.1 Å². The summed E-state index contributed by atoms with van der Waals surface area (Å²) in [6.07, 6.45) is -0.775. The van der Waals surface area contributed by atoms with E-state index in [0.717, 1.165) is 0 Å². The second-order valence-electron chi connectivity index (χ2n) is 3.95. The Hall–Kier alpha value is -2.19. The van der Waals surface area contributed by atoms with Crippen molar-refractivity contribution in [3.05, 3.63) is 34.4 Å². The van der Waals surface area contributed by atoms with Gasteiger partial charge in [0.2, 0.25) is 0 Å². The van der Waals surface area contributed by atoms with Crippen LogP contribution in [0.25, 0.3) is 0 Å². The zero-order valence-electron chi connectivity index (χ0n) is 10.9. The van der Waals surface area contributed by atoms with Crippen LogP contribution in [0.4, 0.5) is 5.69 Å². The molecule has 110 valence electrons. The van der Waals surface area contributed by atoms with Crippen LogP contribution in [0, 0.1) is 10.1 Å². The molecule has 8 nitrogen and oxygen atoms in total. The topological polar surface area (TPSA) is 111 Å². The Kier molecular flexibility index (Phi) is 6.41. The minimum absolute atomic E-state index is 0.0514. The number of methoxy groups -OCH3 is 1. The van der Waals surface area contributed by atoms with Crippen LogP contribution >= 0.6 is 0 Å². The Morgan fingerprint density at radius 1 is 1.45 bits per heavy atom. The number of carbonyl (C=O) groups is 1. The molecule has 0 aliphatic carbocycles. The highest BCUT2D eigenvalue weighted by Crippen LogP contribution is 2.16. The molecule has 0 fully saturated rings. The fourth-order valence-electron chi connectivity index (χ4n) is 1.35. The highest BCUT2D eigenvalue weighted by atomic mass is 16.6. The van der Waals surface area contributed by atoms with Crippen LogP contribution in [0.2, 0.25) is 0 Å². The molecular formula is C12H16N2O6. The van der Waals surface area contributed by atoms with Gasteiger partial charge in [-0.3, -0.25) is 14.9 Å². The van der Waals surface area contributed by atoms with Gasteiger partial charge in [-0.25, -0.2) is 0 Å². The summed E-state index contributed by atoms with van der Waals surface area (Å²) in [7, 11) is 1.45. The Bertz CT molecular complexity index is 448. The van der Waals surface area contributed by atoms with E-state index in [1.165, 1.54) is 31.4 Å². The monoisotopic (exact) mass is 284 g/mol. The molecule has 1 aromatic rings. The van der Waals surface area contributed by atoms with E-state index in [4.69, 9.17) is 9.47 Å². The van der Waals surface area contributed by atoms with Crippen molar-refractivity contribution in [2.75, 3.05) is 26.9 Å². The van der Waals surface area contributed by atoms with Crippen LogP contribution in [0.5, 0.6) is 5.75 Å². The predicted molar refractivity (Wildman–Crippen MR) is 69.5 cm³/mol. The van der Waals surface area contributed by atoms with Gasteiger partial charge in [-0.1, -0.05) is 0 Å². The van der Waals surface area contributed by atoms with E-state index in [-0.39, 0.29) is 25.4 Å². The van der Waals surface area contributed by atoms with Gasteiger partial charge in [0.15, 0.2) is 6.61 Å². The predicted octanol–water partition coefficient (Wildman–Crippen LogP) is 0.0971. The van der Waals surface area contributed by atoms with Gasteiger partial charge >= 0.3 is 0 Å². The zero-order valence-corrected chi connectivity index (χ0v) is 10.9. The summed E-state index contributed by atoms with van der Waals surface area (Å²) in [6.45, 7) is -0.0443. The lowest BCUT2D eigenvalue weighted by atomic mass is 10.3. The molecule has 2 N–H and O–H groups in total. The second kappa shape index (κ2) is 8.08. The standard InChI is InChI=1S/C12H16N2O6/c1-19-7-10(15)6-13-12(16)8-20-11-4-2-9(3-5-11)14(17)18/h2-5,10,15H,6-8H2,1H3,(H,13,16). The molecule has 0 bridgehead atoms. The zero-order chi connectivity index (χ0) is 15.0. The molecule has 0 aliphatic rings. The third kappa shape index (κ3) is 5.63. The summed E-state index contributed by atoms with van der Waals surface area (Å²) in [5.74, 6) is -0.0540. The van der Waals surface area contributed by atoms with Crippen molar-refractivity contribution >= 4 is 11.6 Å². The smallest absolute Gasteiger partial charge is 0.269 e. The first-order chi connectivity index (χ1) is 9.52. The van der Waals surface area contributed by atoms with Gasteiger partial charge in [0.05, 0.1) is 17.6 Å². The van der Waals surface area contributed by atoms with Crippen LogP contribution in [-0.2, 0) is 9.53 Å². The van der Waals surface area contributed by atoms with Crippen LogP contribution in [0.15, 0.2) is 24.3 Å². The first-order valence-corrected chi connectivity index (χ1v) is 5.84. The quantitative estimate of drug-likeness (QED) is 0.517. The number of hydrogen-bond acceptors (Lipinski definition) is 6. The molecule has 1 atom stereocenters. The van der Waals surface area contributed by atoms with E-state index in [0.29, 0.717) is 5.75 Å². The Balaban J connectivity index is 2.32. The molecule has 1 amide bonds. The lowest BCUT2D eigenvalue weighted by Crippen LogP contribution is -2.36. The number of nitro groups is 1. The van der Waals surface area contributed by atoms with Gasteiger partial charge in [-0.2, -0.15) is 0 Å². The van der Waals surface area contributed by atoms with Crippen molar-refractivity contribution in [3.63, 3.8) is 0 Å². The largest absolute Gasteiger partial charge is 0.484 e. The number of rotatable bonds is 8. The summed E-state index contributed by atoms with van der Waals surface area (Å²) >= 11 is 0. The molecule has 0 radical (unpaired) electrons. The number of aliphatic hydroxyl groups excluding tert-OH is 1. The first-order valence-electron chi connectivity index (χ1n) is 5.84. The normalized spacial score (nSPS) is 11.7. The molecule has 0 saturated carbocycles. The van der Waals surface area contributed by atoms with Gasteiger partial charge in [0.25, 0.3) is 11.6 Å². The third-order valence-electron chi connectivity index (χ3n) is 2.31. The van der Waals surface area contributed by atoms with Crippen LogP contribution in [0.3, 0.4) is 0 Å². The van der Waals surface area contributed by atoms with E-state index in [1.807, 2.05) is 0 Å². The maximum absolute atomic E-state index is 11.4. The van der Waals surface area contributed by atoms with Crippen molar-refractivity contribution in [1.82, 2.24) is 5.32 Å². The molecule has 0 aliphatic heterocycles. The number of aliphatic hydroxyl groups is 1. The number of non-ortho nitro benzene ring substituents is 1. The van der Waals surface area contributed by atoms with Crippen LogP contribution in [-0.4, -0.2) is 48.9 Å². The van der Waals surface area contributed by atoms with Crippen LogP contribution in [0.1, 0.15) is 0 Å². The number of ether oxygens (including phenoxy) is 2. The SMILES string of the molecule is COCC(O)CNC(=O)COc1ccc([N+](=O)[O-])cc1. The average molecular weight is 284 g/mol. The van der Waals surface area contributed by atoms with Crippen molar-refractivity contribution in [3.8, 4) is 5.75 Å². The van der Waals surface area contributed by atoms with Gasteiger partial charge in [0, 0.05) is 25.8 Å². The number of nitrogens with one attached hydrogen (secondary N) is 1. The van der Waals surface area contributed by atoms with E-state index in [2.05, 4.69) is 5.32 Å². The van der Waals surface area contributed by atoms with E-state index in [1.54, 1.807) is 0 Å². The van der Waals surface area contributed by atoms with Crippen molar-refractivity contribution < 1.29 is 24.3 Å². The molecule has 1 aromatic carbocycles. The van der Waals surface area contributed by atoms with Gasteiger partial charge in [0.1, 0.15) is 5.75 Å². The highest BCUT2D eigenvalue weighted by molar-refractivity contribution is 5.77. The summed E-state index contributed by atoms with van der Waals surface area (Å²) in [5.41, 5.74) is -0.0514. The molecule has 0 spiro atoms. The fourth-order valence-corrected chi connectivity index (χ4v) is 1.35. The molecule has 8 heteroatoms. The van der Waals surface area contributed by atoms with Crippen molar-refractivity contribution in [2.45, 2.75) is 6.10 Å². The second-order valence-corrected chi connectivity index (χ2v) is 3.95. The summed E-state index contributed by atoms with van der Waals surface area (Å²) < 4.78 is 9.86. The molecule has 20 heavy (non-hydrogen) atoms. The number of nitro benzene ring substituents is 1. The Morgan fingerprint density at radius 2 is 2.10 bits per heavy atom. The average Bonchev–Trinajstić information content (AvgIpc) is 2.43. The minimum atomic E-state index is -0.775. The maximum atomic E-state index is 11.4. The van der Waals surface area contributed by atoms with E-state index in [9.17, 15) is 20.0 Å². The molecule has 0 heterocycles. The van der Waals surface area contributed by atoms with Crippen molar-refractivity contribution in [1.29, 1.82) is 0 Å². The van der Waals surface area contributed by atoms with Gasteiger partial charge in [-0.15, -0.1) is 0 Å². The Labute approximate surface area is 115 Å². The molecule has 1 rings (SSSR count). The molecule has 0 aromatic heterocycles. The number of nitrogens with zero attached hydrogens (tertiary/aromatic N) is 1. The molecule has 1 unspecified atom stereocenters. The van der Waals surface area contributed by atoms with Gasteiger partial charge < -0.3 is 19.9 Å². The Morgan fingerprint density at radius 3 is 2.65 bits per heavy atom. The third-order valence-corrected chi connectivity index (χ3v) is 2.31. The maximum Gasteiger partial charge on any atom is 0.269 e.